The number of hydrogen-bond donors (Lipinski definition) is 0. The molecule has 29 heavy (non-hydrogen) atoms. The van der Waals surface area contributed by atoms with E-state index in [4.69, 9.17) is 11.6 Å². The standard InChI is InChI=1S/C22H27ClN4O2/c23-21-18(27-14-6-3-7-19(27)24-21)8-9-20(28)25-15-10-17(11-16-25)22(29)26-12-4-1-2-5-13-26/h3,6-9,14,17H,1-2,4-5,10-13,15-16H2/b9-8+. The van der Waals surface area contributed by atoms with Crippen LogP contribution in [0.5, 0.6) is 0 Å². The Morgan fingerprint density at radius 2 is 1.72 bits per heavy atom. The van der Waals surface area contributed by atoms with E-state index in [0.29, 0.717) is 23.9 Å². The second-order valence-electron chi connectivity index (χ2n) is 7.89. The molecule has 154 valence electrons. The highest BCUT2D eigenvalue weighted by Crippen LogP contribution is 2.23. The summed E-state index contributed by atoms with van der Waals surface area (Å²) in [6.45, 7) is 3.02. The molecule has 2 aliphatic rings. The molecular formula is C22H27ClN4O2. The minimum Gasteiger partial charge on any atom is -0.342 e. The van der Waals surface area contributed by atoms with Crippen molar-refractivity contribution in [1.29, 1.82) is 0 Å². The third-order valence-corrected chi connectivity index (χ3v) is 6.26. The molecule has 0 aliphatic carbocycles. The Hall–Kier alpha value is -2.34. The van der Waals surface area contributed by atoms with E-state index < -0.39 is 0 Å². The summed E-state index contributed by atoms with van der Waals surface area (Å²) in [6, 6.07) is 5.67. The van der Waals surface area contributed by atoms with Crippen LogP contribution in [0.2, 0.25) is 5.15 Å². The average Bonchev–Trinajstić information content (AvgIpc) is 2.90. The van der Waals surface area contributed by atoms with E-state index in [-0.39, 0.29) is 17.7 Å². The zero-order chi connectivity index (χ0) is 20.2. The van der Waals surface area contributed by atoms with Gasteiger partial charge in [-0.1, -0.05) is 30.5 Å². The Morgan fingerprint density at radius 3 is 2.45 bits per heavy atom. The number of likely N-dealkylation sites (tertiary alicyclic amines) is 2. The van der Waals surface area contributed by atoms with Gasteiger partial charge in [0, 0.05) is 44.4 Å². The lowest BCUT2D eigenvalue weighted by Crippen LogP contribution is -2.44. The van der Waals surface area contributed by atoms with Gasteiger partial charge in [-0.25, -0.2) is 4.98 Å². The zero-order valence-corrected chi connectivity index (χ0v) is 17.4. The first-order chi connectivity index (χ1) is 14.1. The van der Waals surface area contributed by atoms with Crippen LogP contribution in [0.15, 0.2) is 30.5 Å². The molecule has 0 aromatic carbocycles. The minimum atomic E-state index is -0.0485. The lowest BCUT2D eigenvalue weighted by atomic mass is 9.95. The van der Waals surface area contributed by atoms with E-state index >= 15 is 0 Å². The maximum absolute atomic E-state index is 12.8. The van der Waals surface area contributed by atoms with Crippen molar-refractivity contribution in [2.45, 2.75) is 38.5 Å². The van der Waals surface area contributed by atoms with Crippen molar-refractivity contribution < 1.29 is 9.59 Å². The molecule has 2 amide bonds. The molecule has 0 spiro atoms. The lowest BCUT2D eigenvalue weighted by molar-refractivity contribution is -0.139. The fraction of sp³-hybridized carbons (Fsp3) is 0.500. The number of imidazole rings is 1. The van der Waals surface area contributed by atoms with E-state index in [1.54, 1.807) is 12.2 Å². The molecule has 2 fully saturated rings. The van der Waals surface area contributed by atoms with Gasteiger partial charge in [-0.05, 0) is 43.9 Å². The summed E-state index contributed by atoms with van der Waals surface area (Å²) < 4.78 is 1.86. The predicted molar refractivity (Wildman–Crippen MR) is 114 cm³/mol. The van der Waals surface area contributed by atoms with Crippen molar-refractivity contribution in [3.63, 3.8) is 0 Å². The quantitative estimate of drug-likeness (QED) is 0.720. The summed E-state index contributed by atoms with van der Waals surface area (Å²) in [6.07, 6.45) is 11.3. The monoisotopic (exact) mass is 414 g/mol. The van der Waals surface area contributed by atoms with Gasteiger partial charge in [0.25, 0.3) is 0 Å². The number of carbonyl (C=O) groups excluding carboxylic acids is 2. The van der Waals surface area contributed by atoms with Gasteiger partial charge in [0.1, 0.15) is 5.65 Å². The second-order valence-corrected chi connectivity index (χ2v) is 8.25. The van der Waals surface area contributed by atoms with Crippen LogP contribution in [0.3, 0.4) is 0 Å². The summed E-state index contributed by atoms with van der Waals surface area (Å²) in [5.41, 5.74) is 1.44. The fourth-order valence-corrected chi connectivity index (χ4v) is 4.53. The van der Waals surface area contributed by atoms with Crippen molar-refractivity contribution in [2.75, 3.05) is 26.2 Å². The lowest BCUT2D eigenvalue weighted by Gasteiger charge is -2.33. The van der Waals surface area contributed by atoms with Crippen LogP contribution in [0.1, 0.15) is 44.2 Å². The molecule has 0 radical (unpaired) electrons. The first-order valence-corrected chi connectivity index (χ1v) is 10.9. The van der Waals surface area contributed by atoms with E-state index in [0.717, 1.165) is 44.4 Å². The van der Waals surface area contributed by atoms with Crippen molar-refractivity contribution in [3.8, 4) is 0 Å². The van der Waals surface area contributed by atoms with Crippen LogP contribution in [0.4, 0.5) is 0 Å². The number of pyridine rings is 1. The zero-order valence-electron chi connectivity index (χ0n) is 16.6. The number of piperidine rings is 1. The highest BCUT2D eigenvalue weighted by molar-refractivity contribution is 6.31. The smallest absolute Gasteiger partial charge is 0.246 e. The fourth-order valence-electron chi connectivity index (χ4n) is 4.29. The molecule has 0 N–H and O–H groups in total. The Morgan fingerprint density at radius 1 is 1.00 bits per heavy atom. The molecule has 2 aromatic heterocycles. The highest BCUT2D eigenvalue weighted by Gasteiger charge is 2.29. The van der Waals surface area contributed by atoms with E-state index in [1.165, 1.54) is 12.8 Å². The summed E-state index contributed by atoms with van der Waals surface area (Å²) in [5, 5.41) is 0.377. The molecule has 2 aliphatic heterocycles. The molecule has 0 unspecified atom stereocenters. The molecular weight excluding hydrogens is 388 g/mol. The van der Waals surface area contributed by atoms with Crippen LogP contribution in [-0.2, 0) is 9.59 Å². The number of fused-ring (bicyclic) bond motifs is 1. The molecule has 4 heterocycles. The summed E-state index contributed by atoms with van der Waals surface area (Å²) in [4.78, 5) is 33.6. The highest BCUT2D eigenvalue weighted by atomic mass is 35.5. The minimum absolute atomic E-state index is 0.0485. The SMILES string of the molecule is O=C(/C=C/c1c(Cl)nc2ccccn12)N1CCC(C(=O)N2CCCCCC2)CC1. The van der Waals surface area contributed by atoms with Gasteiger partial charge < -0.3 is 9.80 Å². The van der Waals surface area contributed by atoms with Crippen LogP contribution >= 0.6 is 11.6 Å². The maximum Gasteiger partial charge on any atom is 0.246 e. The van der Waals surface area contributed by atoms with Gasteiger partial charge in [-0.2, -0.15) is 0 Å². The molecule has 2 aromatic rings. The van der Waals surface area contributed by atoms with Crippen molar-refractivity contribution in [1.82, 2.24) is 19.2 Å². The third-order valence-electron chi connectivity index (χ3n) is 5.98. The summed E-state index contributed by atoms with van der Waals surface area (Å²) in [7, 11) is 0. The van der Waals surface area contributed by atoms with Gasteiger partial charge in [-0.15, -0.1) is 0 Å². The molecule has 4 rings (SSSR count). The Bertz CT molecular complexity index is 907. The van der Waals surface area contributed by atoms with Crippen LogP contribution in [0.25, 0.3) is 11.7 Å². The average molecular weight is 415 g/mol. The first-order valence-electron chi connectivity index (χ1n) is 10.5. The summed E-state index contributed by atoms with van der Waals surface area (Å²) >= 11 is 6.23. The van der Waals surface area contributed by atoms with E-state index in [1.807, 2.05) is 38.6 Å². The number of aromatic nitrogens is 2. The first kappa shape index (κ1) is 20.0. The van der Waals surface area contributed by atoms with Crippen molar-refractivity contribution >= 4 is 35.1 Å². The molecule has 0 saturated carbocycles. The maximum atomic E-state index is 12.8. The van der Waals surface area contributed by atoms with Gasteiger partial charge in [0.2, 0.25) is 11.8 Å². The van der Waals surface area contributed by atoms with Gasteiger partial charge in [0.05, 0.1) is 5.69 Å². The second kappa shape index (κ2) is 8.99. The number of halogens is 1. The van der Waals surface area contributed by atoms with E-state index in [9.17, 15) is 9.59 Å². The molecule has 0 atom stereocenters. The van der Waals surface area contributed by atoms with Gasteiger partial charge >= 0.3 is 0 Å². The normalized spacial score (nSPS) is 19.1. The number of amides is 2. The number of carbonyl (C=O) groups is 2. The predicted octanol–water partition coefficient (Wildman–Crippen LogP) is 3.64. The van der Waals surface area contributed by atoms with Crippen LogP contribution < -0.4 is 0 Å². The van der Waals surface area contributed by atoms with E-state index in [2.05, 4.69) is 4.98 Å². The Balaban J connectivity index is 1.34. The molecule has 7 heteroatoms. The molecule has 0 bridgehead atoms. The van der Waals surface area contributed by atoms with Crippen LogP contribution in [0, 0.1) is 5.92 Å². The van der Waals surface area contributed by atoms with Crippen LogP contribution in [-0.4, -0.2) is 57.2 Å². The Kier molecular flexibility index (Phi) is 6.19. The number of hydrogen-bond acceptors (Lipinski definition) is 3. The number of rotatable bonds is 3. The summed E-state index contributed by atoms with van der Waals surface area (Å²) in [5.74, 6) is 0.286. The Labute approximate surface area is 176 Å². The largest absolute Gasteiger partial charge is 0.342 e. The topological polar surface area (TPSA) is 57.9 Å². The third kappa shape index (κ3) is 4.47. The van der Waals surface area contributed by atoms with Crippen molar-refractivity contribution in [3.05, 3.63) is 41.3 Å². The van der Waals surface area contributed by atoms with Crippen molar-refractivity contribution in [2.24, 2.45) is 5.92 Å². The molecule has 6 nitrogen and oxygen atoms in total. The van der Waals surface area contributed by atoms with Gasteiger partial charge in [0.15, 0.2) is 5.15 Å². The number of nitrogens with zero attached hydrogens (tertiary/aromatic N) is 4. The molecule has 2 saturated heterocycles. The van der Waals surface area contributed by atoms with Gasteiger partial charge in [-0.3, -0.25) is 14.0 Å².